The predicted octanol–water partition coefficient (Wildman–Crippen LogP) is 4.85. The number of carbonyl (C=O) groups is 3. The molecule has 1 aliphatic rings. The third-order valence-electron chi connectivity index (χ3n) is 3.92. The van der Waals surface area contributed by atoms with Crippen LogP contribution in [0.2, 0.25) is 0 Å². The molecule has 2 aromatic rings. The number of benzene rings is 2. The molecule has 0 bridgehead atoms. The Hall–Kier alpha value is -2.79. The predicted molar refractivity (Wildman–Crippen MR) is 109 cm³/mol. The van der Waals surface area contributed by atoms with Crippen LogP contribution < -0.4 is 5.32 Å². The summed E-state index contributed by atoms with van der Waals surface area (Å²) in [5, 5.41) is 11.1. The Morgan fingerprint density at radius 2 is 1.93 bits per heavy atom. The number of nitrogens with zero attached hydrogens (tertiary/aromatic N) is 1. The fraction of sp³-hybridized carbons (Fsp3) is 0.105. The third kappa shape index (κ3) is 5.03. The molecule has 0 aromatic heterocycles. The molecule has 1 heterocycles. The Morgan fingerprint density at radius 1 is 1.20 bits per heavy atom. The molecule has 0 aliphatic carbocycles. The van der Waals surface area contributed by atoms with Crippen molar-refractivity contribution in [3.05, 3.63) is 63.0 Å². The summed E-state index contributed by atoms with van der Waals surface area (Å²) < 4.78 is 38.7. The number of nitrogens with one attached hydrogen (secondary N) is 1. The largest absolute Gasteiger partial charge is 0.507 e. The van der Waals surface area contributed by atoms with Gasteiger partial charge >= 0.3 is 6.18 Å². The molecule has 2 aromatic carbocycles. The number of phenols is 1. The highest BCUT2D eigenvalue weighted by molar-refractivity contribution is 9.10. The Kier molecular flexibility index (Phi) is 6.22. The lowest BCUT2D eigenvalue weighted by molar-refractivity contribution is -0.137. The van der Waals surface area contributed by atoms with Crippen molar-refractivity contribution in [2.24, 2.45) is 0 Å². The van der Waals surface area contributed by atoms with Crippen LogP contribution in [0, 0.1) is 0 Å². The molecule has 3 amide bonds. The summed E-state index contributed by atoms with van der Waals surface area (Å²) in [6.07, 6.45) is -3.14. The molecule has 1 saturated heterocycles. The molecule has 0 radical (unpaired) electrons. The molecule has 30 heavy (non-hydrogen) atoms. The molecule has 1 aliphatic heterocycles. The van der Waals surface area contributed by atoms with Gasteiger partial charge in [0.1, 0.15) is 12.3 Å². The molecular formula is C19H12BrF3N2O4S. The number of rotatable bonds is 4. The van der Waals surface area contributed by atoms with E-state index in [-0.39, 0.29) is 16.3 Å². The van der Waals surface area contributed by atoms with Gasteiger partial charge in [-0.3, -0.25) is 19.3 Å². The van der Waals surface area contributed by atoms with Crippen LogP contribution in [-0.4, -0.2) is 33.6 Å². The van der Waals surface area contributed by atoms with Crippen molar-refractivity contribution in [2.45, 2.75) is 6.18 Å². The molecular weight excluding hydrogens is 489 g/mol. The third-order valence-corrected chi connectivity index (χ3v) is 5.46. The number of imide groups is 1. The number of halogens is 4. The van der Waals surface area contributed by atoms with Crippen LogP contribution in [0.15, 0.2) is 51.8 Å². The number of hydrogen-bond acceptors (Lipinski definition) is 5. The van der Waals surface area contributed by atoms with Gasteiger partial charge in [0.2, 0.25) is 5.91 Å². The molecule has 11 heteroatoms. The van der Waals surface area contributed by atoms with Crippen LogP contribution in [0.4, 0.5) is 23.7 Å². The van der Waals surface area contributed by atoms with Gasteiger partial charge in [0, 0.05) is 5.69 Å². The zero-order valence-corrected chi connectivity index (χ0v) is 17.3. The van der Waals surface area contributed by atoms with Gasteiger partial charge in [-0.05, 0) is 69.7 Å². The van der Waals surface area contributed by atoms with E-state index < -0.39 is 35.3 Å². The van der Waals surface area contributed by atoms with Gasteiger partial charge in [0.05, 0.1) is 14.9 Å². The van der Waals surface area contributed by atoms with Crippen molar-refractivity contribution in [2.75, 3.05) is 11.9 Å². The molecule has 6 nitrogen and oxygen atoms in total. The number of anilines is 1. The van der Waals surface area contributed by atoms with Gasteiger partial charge in [0.15, 0.2) is 0 Å². The van der Waals surface area contributed by atoms with E-state index in [4.69, 9.17) is 0 Å². The van der Waals surface area contributed by atoms with Crippen molar-refractivity contribution in [1.82, 2.24) is 4.90 Å². The maximum absolute atomic E-state index is 12.8. The molecule has 0 unspecified atom stereocenters. The van der Waals surface area contributed by atoms with Gasteiger partial charge in [-0.15, -0.1) is 0 Å². The monoisotopic (exact) mass is 500 g/mol. The lowest BCUT2D eigenvalue weighted by Crippen LogP contribution is -2.36. The fourth-order valence-corrected chi connectivity index (χ4v) is 3.75. The molecule has 0 spiro atoms. The summed E-state index contributed by atoms with van der Waals surface area (Å²) in [6, 6.07) is 8.51. The Bertz CT molecular complexity index is 1070. The number of thioether (sulfide) groups is 1. The van der Waals surface area contributed by atoms with Gasteiger partial charge in [-0.25, -0.2) is 0 Å². The zero-order valence-electron chi connectivity index (χ0n) is 14.9. The van der Waals surface area contributed by atoms with Gasteiger partial charge in [-0.2, -0.15) is 13.2 Å². The van der Waals surface area contributed by atoms with E-state index in [0.29, 0.717) is 26.7 Å². The summed E-state index contributed by atoms with van der Waals surface area (Å²) in [6.45, 7) is -0.641. The van der Waals surface area contributed by atoms with E-state index in [9.17, 15) is 32.7 Å². The van der Waals surface area contributed by atoms with Crippen LogP contribution in [0.1, 0.15) is 11.1 Å². The Labute approximate surface area is 180 Å². The normalized spacial score (nSPS) is 15.7. The van der Waals surface area contributed by atoms with Crippen LogP contribution >= 0.6 is 27.7 Å². The second-order valence-electron chi connectivity index (χ2n) is 6.11. The first-order valence-electron chi connectivity index (χ1n) is 8.25. The molecule has 3 rings (SSSR count). The number of hydrogen-bond donors (Lipinski definition) is 2. The first-order chi connectivity index (χ1) is 14.0. The van der Waals surface area contributed by atoms with Gasteiger partial charge in [0.25, 0.3) is 11.1 Å². The summed E-state index contributed by atoms with van der Waals surface area (Å²) in [5.74, 6) is -1.51. The highest BCUT2D eigenvalue weighted by atomic mass is 79.9. The maximum Gasteiger partial charge on any atom is 0.416 e. The van der Waals surface area contributed by atoms with E-state index >= 15 is 0 Å². The quantitative estimate of drug-likeness (QED) is 0.586. The van der Waals surface area contributed by atoms with Gasteiger partial charge in [-0.1, -0.05) is 12.1 Å². The summed E-state index contributed by atoms with van der Waals surface area (Å²) in [7, 11) is 0. The zero-order chi connectivity index (χ0) is 22.1. The van der Waals surface area contributed by atoms with Crippen LogP contribution in [0.5, 0.6) is 5.75 Å². The van der Waals surface area contributed by atoms with Crippen molar-refractivity contribution >= 4 is 56.5 Å². The van der Waals surface area contributed by atoms with E-state index in [0.717, 1.165) is 18.2 Å². The van der Waals surface area contributed by atoms with Gasteiger partial charge < -0.3 is 10.4 Å². The smallest absolute Gasteiger partial charge is 0.416 e. The minimum atomic E-state index is -4.57. The molecule has 156 valence electrons. The van der Waals surface area contributed by atoms with E-state index in [1.165, 1.54) is 24.3 Å². The highest BCUT2D eigenvalue weighted by Crippen LogP contribution is 2.34. The second-order valence-corrected chi connectivity index (χ2v) is 7.95. The summed E-state index contributed by atoms with van der Waals surface area (Å²) in [5.41, 5.74) is -0.501. The number of alkyl halides is 3. The van der Waals surface area contributed by atoms with E-state index in [1.807, 2.05) is 0 Å². The van der Waals surface area contributed by atoms with Crippen LogP contribution in [0.3, 0.4) is 0 Å². The first kappa shape index (κ1) is 21.9. The molecule has 0 atom stereocenters. The average molecular weight is 501 g/mol. The maximum atomic E-state index is 12.8. The highest BCUT2D eigenvalue weighted by Gasteiger charge is 2.36. The number of aromatic hydroxyl groups is 1. The minimum absolute atomic E-state index is 0.00604. The average Bonchev–Trinajstić information content (AvgIpc) is 2.91. The summed E-state index contributed by atoms with van der Waals surface area (Å²) in [4.78, 5) is 37.5. The van der Waals surface area contributed by atoms with Crippen molar-refractivity contribution in [3.63, 3.8) is 0 Å². The fourth-order valence-electron chi connectivity index (χ4n) is 2.52. The van der Waals surface area contributed by atoms with Crippen molar-refractivity contribution in [3.8, 4) is 5.75 Å². The Morgan fingerprint density at radius 3 is 2.60 bits per heavy atom. The first-order valence-corrected chi connectivity index (χ1v) is 9.86. The number of carbonyl (C=O) groups excluding carboxylic acids is 3. The molecule has 1 fully saturated rings. The second kappa shape index (κ2) is 8.52. The lowest BCUT2D eigenvalue weighted by Gasteiger charge is -2.13. The number of amides is 3. The van der Waals surface area contributed by atoms with Crippen LogP contribution in [-0.2, 0) is 15.8 Å². The van der Waals surface area contributed by atoms with Crippen molar-refractivity contribution < 1.29 is 32.7 Å². The van der Waals surface area contributed by atoms with E-state index in [1.54, 1.807) is 6.07 Å². The minimum Gasteiger partial charge on any atom is -0.507 e. The lowest BCUT2D eigenvalue weighted by atomic mass is 10.2. The summed E-state index contributed by atoms with van der Waals surface area (Å²) >= 11 is 3.78. The Balaban J connectivity index is 1.70. The topological polar surface area (TPSA) is 86.7 Å². The standard InChI is InChI=1S/C19H12BrF3N2O4S/c20-13-6-10(4-5-14(13)26)7-15-17(28)25(18(29)30-15)9-16(27)24-12-3-1-2-11(8-12)19(21,22)23/h1-8,26H,9H2,(H,24,27)/b15-7-. The van der Waals surface area contributed by atoms with E-state index in [2.05, 4.69) is 21.2 Å². The molecule has 2 N–H and O–H groups in total. The van der Waals surface area contributed by atoms with Crippen LogP contribution in [0.25, 0.3) is 6.08 Å². The SMILES string of the molecule is O=C(CN1C(=O)S/C(=C\c2ccc(O)c(Br)c2)C1=O)Nc1cccc(C(F)(F)F)c1. The molecule has 0 saturated carbocycles. The van der Waals surface area contributed by atoms with Crippen molar-refractivity contribution in [1.29, 1.82) is 0 Å². The number of phenolic OH excluding ortho intramolecular Hbond substituents is 1.